The Kier molecular flexibility index (Phi) is 28.3. The predicted molar refractivity (Wildman–Crippen MR) is 224 cm³/mol. The number of aryl methyl sites for hydroxylation is 2. The molecule has 0 amide bonds. The lowest BCUT2D eigenvalue weighted by Gasteiger charge is -2.17. The lowest BCUT2D eigenvalue weighted by molar-refractivity contribution is 0.118. The average Bonchev–Trinajstić information content (AvgIpc) is 3.78. The van der Waals surface area contributed by atoms with Crippen molar-refractivity contribution in [1.29, 1.82) is 0 Å². The van der Waals surface area contributed by atoms with E-state index in [0.717, 1.165) is 57.0 Å². The Morgan fingerprint density at radius 1 is 0.538 bits per heavy atom. The molecule has 0 aliphatic heterocycles. The molecule has 0 N–H and O–H groups in total. The Bertz CT molecular complexity index is 1040. The maximum atomic E-state index is 5.81. The molecule has 2 aromatic rings. The Morgan fingerprint density at radius 2 is 0.981 bits per heavy atom. The molecule has 302 valence electrons. The van der Waals surface area contributed by atoms with Crippen molar-refractivity contribution in [2.75, 3.05) is 26.4 Å². The van der Waals surface area contributed by atoms with Crippen LogP contribution >= 0.6 is 0 Å². The standard InChI is InChI=1S/C46H86N4O2/c1-43(2)31-29-39-51-37-27-23-19-16-12-8-9-13-17-21-25-34-49-41-44(48-42-49)45-47-33-36-50(45)35-26-22-18-14-10-6-7-11-15-20-24-28-38-52-40-30-32-46(3,4)5/h33,36,41-43H,6-32,34-35,37-40H2,1-5H3. The quantitative estimate of drug-likeness (QED) is 0.0651. The summed E-state index contributed by atoms with van der Waals surface area (Å²) in [6.07, 6.45) is 44.2. The normalized spacial score (nSPS) is 12.1. The van der Waals surface area contributed by atoms with Crippen LogP contribution in [0, 0.1) is 11.3 Å². The van der Waals surface area contributed by atoms with Gasteiger partial charge in [-0.2, -0.15) is 0 Å². The van der Waals surface area contributed by atoms with Crippen molar-refractivity contribution < 1.29 is 9.47 Å². The van der Waals surface area contributed by atoms with E-state index in [9.17, 15) is 0 Å². The first kappa shape index (κ1) is 46.5. The van der Waals surface area contributed by atoms with Crippen LogP contribution < -0.4 is 0 Å². The van der Waals surface area contributed by atoms with Crippen LogP contribution in [0.4, 0.5) is 0 Å². The summed E-state index contributed by atoms with van der Waals surface area (Å²) < 4.78 is 16.1. The Labute approximate surface area is 323 Å². The number of rotatable bonds is 37. The smallest absolute Gasteiger partial charge is 0.160 e. The zero-order valence-electron chi connectivity index (χ0n) is 35.3. The SMILES string of the molecule is CC(C)CCCOCCCCCCCCCCCCCn1cnc(-c2nccn2CCCCCCCCCCCCCCOCCCC(C)(C)C)c1. The summed E-state index contributed by atoms with van der Waals surface area (Å²) in [6.45, 7) is 17.4. The van der Waals surface area contributed by atoms with Gasteiger partial charge in [0, 0.05) is 58.1 Å². The molecule has 0 spiro atoms. The van der Waals surface area contributed by atoms with Crippen LogP contribution in [0.25, 0.3) is 11.5 Å². The van der Waals surface area contributed by atoms with E-state index < -0.39 is 0 Å². The predicted octanol–water partition coefficient (Wildman–Crippen LogP) is 14.0. The first-order chi connectivity index (χ1) is 25.3. The van der Waals surface area contributed by atoms with Crippen molar-refractivity contribution in [2.24, 2.45) is 11.3 Å². The summed E-state index contributed by atoms with van der Waals surface area (Å²) in [7, 11) is 0. The van der Waals surface area contributed by atoms with E-state index in [0.29, 0.717) is 5.41 Å². The Morgan fingerprint density at radius 3 is 1.48 bits per heavy atom. The second-order valence-electron chi connectivity index (χ2n) is 17.5. The number of hydrogen-bond acceptors (Lipinski definition) is 4. The maximum Gasteiger partial charge on any atom is 0.160 e. The van der Waals surface area contributed by atoms with Gasteiger partial charge in [0.15, 0.2) is 5.82 Å². The van der Waals surface area contributed by atoms with Gasteiger partial charge in [-0.3, -0.25) is 0 Å². The second kappa shape index (κ2) is 31.7. The van der Waals surface area contributed by atoms with E-state index >= 15 is 0 Å². The number of aromatic nitrogens is 4. The highest BCUT2D eigenvalue weighted by Crippen LogP contribution is 2.21. The molecule has 52 heavy (non-hydrogen) atoms. The van der Waals surface area contributed by atoms with Crippen LogP contribution in [-0.4, -0.2) is 45.5 Å². The van der Waals surface area contributed by atoms with E-state index in [1.165, 1.54) is 173 Å². The van der Waals surface area contributed by atoms with Gasteiger partial charge >= 0.3 is 0 Å². The number of hydrogen-bond donors (Lipinski definition) is 0. The highest BCUT2D eigenvalue weighted by Gasteiger charge is 2.10. The Hall–Kier alpha value is -1.66. The molecule has 0 aliphatic rings. The van der Waals surface area contributed by atoms with E-state index in [-0.39, 0.29) is 0 Å². The molecule has 0 radical (unpaired) electrons. The van der Waals surface area contributed by atoms with Gasteiger partial charge in [0.2, 0.25) is 0 Å². The number of ether oxygens (including phenoxy) is 2. The van der Waals surface area contributed by atoms with Crippen molar-refractivity contribution >= 4 is 0 Å². The van der Waals surface area contributed by atoms with Crippen LogP contribution in [0.1, 0.15) is 208 Å². The third kappa shape index (κ3) is 27.0. The fraction of sp³-hybridized carbons (Fsp3) is 0.870. The van der Waals surface area contributed by atoms with Gasteiger partial charge in [0.05, 0.1) is 6.33 Å². The van der Waals surface area contributed by atoms with Gasteiger partial charge in [-0.15, -0.1) is 0 Å². The highest BCUT2D eigenvalue weighted by molar-refractivity contribution is 5.48. The fourth-order valence-electron chi connectivity index (χ4n) is 7.17. The molecule has 0 aliphatic carbocycles. The van der Waals surface area contributed by atoms with E-state index in [4.69, 9.17) is 14.5 Å². The van der Waals surface area contributed by atoms with Gasteiger partial charge in [-0.05, 0) is 62.7 Å². The molecule has 2 aromatic heterocycles. The molecule has 6 nitrogen and oxygen atoms in total. The molecule has 0 aromatic carbocycles. The molecule has 6 heteroatoms. The molecule has 0 bridgehead atoms. The average molecular weight is 727 g/mol. The molecule has 2 rings (SSSR count). The highest BCUT2D eigenvalue weighted by atomic mass is 16.5. The third-order valence-electron chi connectivity index (χ3n) is 10.5. The van der Waals surface area contributed by atoms with Crippen molar-refractivity contribution in [1.82, 2.24) is 19.1 Å². The molecule has 0 saturated carbocycles. The number of unbranched alkanes of at least 4 members (excludes halogenated alkanes) is 21. The lowest BCUT2D eigenvalue weighted by atomic mass is 9.91. The Balaban J connectivity index is 1.36. The van der Waals surface area contributed by atoms with Crippen molar-refractivity contribution in [2.45, 2.75) is 221 Å². The molecule has 0 fully saturated rings. The summed E-state index contributed by atoms with van der Waals surface area (Å²) in [4.78, 5) is 9.38. The number of imidazole rings is 2. The molecule has 0 saturated heterocycles. The zero-order valence-corrected chi connectivity index (χ0v) is 35.3. The van der Waals surface area contributed by atoms with E-state index in [1.807, 2.05) is 12.5 Å². The first-order valence-electron chi connectivity index (χ1n) is 22.5. The molecular weight excluding hydrogens is 641 g/mol. The second-order valence-corrected chi connectivity index (χ2v) is 17.5. The largest absolute Gasteiger partial charge is 0.381 e. The minimum Gasteiger partial charge on any atom is -0.381 e. The van der Waals surface area contributed by atoms with Gasteiger partial charge in [0.1, 0.15) is 5.69 Å². The van der Waals surface area contributed by atoms with Gasteiger partial charge in [-0.25, -0.2) is 9.97 Å². The topological polar surface area (TPSA) is 54.1 Å². The molecule has 2 heterocycles. The minimum atomic E-state index is 0.435. The summed E-state index contributed by atoms with van der Waals surface area (Å²) in [5.41, 5.74) is 1.45. The lowest BCUT2D eigenvalue weighted by Crippen LogP contribution is -2.07. The fourth-order valence-corrected chi connectivity index (χ4v) is 7.17. The molecular formula is C46H86N4O2. The van der Waals surface area contributed by atoms with Crippen LogP contribution in [0.15, 0.2) is 24.9 Å². The van der Waals surface area contributed by atoms with Crippen molar-refractivity contribution in [3.63, 3.8) is 0 Å². The van der Waals surface area contributed by atoms with E-state index in [1.54, 1.807) is 0 Å². The van der Waals surface area contributed by atoms with Crippen LogP contribution in [-0.2, 0) is 22.6 Å². The summed E-state index contributed by atoms with van der Waals surface area (Å²) in [6, 6.07) is 0. The summed E-state index contributed by atoms with van der Waals surface area (Å²) in [5, 5.41) is 0. The van der Waals surface area contributed by atoms with Gasteiger partial charge in [-0.1, -0.05) is 157 Å². The molecule has 0 unspecified atom stereocenters. The monoisotopic (exact) mass is 727 g/mol. The van der Waals surface area contributed by atoms with E-state index in [2.05, 4.69) is 61.1 Å². The van der Waals surface area contributed by atoms with Gasteiger partial charge < -0.3 is 18.6 Å². The number of nitrogens with zero attached hydrogens (tertiary/aromatic N) is 4. The molecule has 0 atom stereocenters. The van der Waals surface area contributed by atoms with Gasteiger partial charge in [0.25, 0.3) is 0 Å². The third-order valence-corrected chi connectivity index (χ3v) is 10.5. The van der Waals surface area contributed by atoms with Crippen LogP contribution in [0.3, 0.4) is 0 Å². The van der Waals surface area contributed by atoms with Crippen molar-refractivity contribution in [3.05, 3.63) is 24.9 Å². The summed E-state index contributed by atoms with van der Waals surface area (Å²) >= 11 is 0. The van der Waals surface area contributed by atoms with Crippen molar-refractivity contribution in [3.8, 4) is 11.5 Å². The first-order valence-corrected chi connectivity index (χ1v) is 22.5. The minimum absolute atomic E-state index is 0.435. The summed E-state index contributed by atoms with van der Waals surface area (Å²) in [5.74, 6) is 1.82. The maximum absolute atomic E-state index is 5.81. The zero-order chi connectivity index (χ0) is 37.4. The van der Waals surface area contributed by atoms with Crippen LogP contribution in [0.2, 0.25) is 0 Å². The van der Waals surface area contributed by atoms with Crippen LogP contribution in [0.5, 0.6) is 0 Å².